The zero-order valence-electron chi connectivity index (χ0n) is 13.2. The van der Waals surface area contributed by atoms with Crippen molar-refractivity contribution in [1.82, 2.24) is 0 Å². The fraction of sp³-hybridized carbons (Fsp3) is 0.263. The van der Waals surface area contributed by atoms with Crippen molar-refractivity contribution >= 4 is 22.8 Å². The van der Waals surface area contributed by atoms with Crippen molar-refractivity contribution in [1.29, 1.82) is 0 Å². The second-order valence-corrected chi connectivity index (χ2v) is 6.94. The van der Waals surface area contributed by atoms with Crippen LogP contribution in [0.1, 0.15) is 31.7 Å². The van der Waals surface area contributed by atoms with Crippen LogP contribution >= 0.6 is 11.8 Å². The second kappa shape index (κ2) is 7.97. The van der Waals surface area contributed by atoms with Crippen molar-refractivity contribution in [3.05, 3.63) is 60.2 Å². The molecule has 2 aromatic carbocycles. The van der Waals surface area contributed by atoms with Gasteiger partial charge in [0.2, 0.25) is 0 Å². The molecule has 0 heterocycles. The molecule has 2 unspecified atom stereocenters. The fourth-order valence-corrected chi connectivity index (χ4v) is 3.54. The Kier molecular flexibility index (Phi) is 5.99. The number of carboxylic acid groups (broad SMARTS) is 1. The third kappa shape index (κ3) is 4.96. The summed E-state index contributed by atoms with van der Waals surface area (Å²) in [5, 5.41) is 8.75. The first-order valence-electron chi connectivity index (χ1n) is 7.51. The van der Waals surface area contributed by atoms with Crippen molar-refractivity contribution in [3.63, 3.8) is 0 Å². The molecule has 0 fully saturated rings. The van der Waals surface area contributed by atoms with Crippen LogP contribution in [0.5, 0.6) is 0 Å². The smallest absolute Gasteiger partial charge is 0.304 e. The van der Waals surface area contributed by atoms with Gasteiger partial charge in [-0.3, -0.25) is 9.59 Å². The Labute approximate surface area is 140 Å². The van der Waals surface area contributed by atoms with Gasteiger partial charge < -0.3 is 5.11 Å². The lowest BCUT2D eigenvalue weighted by molar-refractivity contribution is -0.137. The zero-order chi connectivity index (χ0) is 16.8. The summed E-state index contributed by atoms with van der Waals surface area (Å²) in [5.41, 5.74) is 3.31. The molecular weight excluding hydrogens is 308 g/mol. The fourth-order valence-electron chi connectivity index (χ4n) is 2.53. The van der Waals surface area contributed by atoms with Crippen molar-refractivity contribution in [3.8, 4) is 11.1 Å². The van der Waals surface area contributed by atoms with Crippen LogP contribution in [0.3, 0.4) is 0 Å². The monoisotopic (exact) mass is 328 g/mol. The van der Waals surface area contributed by atoms with Crippen molar-refractivity contribution in [2.45, 2.75) is 31.4 Å². The average Bonchev–Trinajstić information content (AvgIpc) is 2.54. The van der Waals surface area contributed by atoms with Gasteiger partial charge in [-0.05, 0) is 22.6 Å². The van der Waals surface area contributed by atoms with Crippen LogP contribution in [0.15, 0.2) is 54.6 Å². The average molecular weight is 328 g/mol. The van der Waals surface area contributed by atoms with Crippen LogP contribution in [0.2, 0.25) is 0 Å². The lowest BCUT2D eigenvalue weighted by atomic mass is 9.93. The highest BCUT2D eigenvalue weighted by Gasteiger charge is 2.24. The molecule has 0 aliphatic rings. The molecular formula is C19H20O3S. The summed E-state index contributed by atoms with van der Waals surface area (Å²) in [5.74, 6) is -0.888. The molecule has 0 saturated heterocycles. The molecule has 0 amide bonds. The lowest BCUT2D eigenvalue weighted by Gasteiger charge is -2.21. The van der Waals surface area contributed by atoms with Gasteiger partial charge in [0.1, 0.15) is 0 Å². The van der Waals surface area contributed by atoms with E-state index in [1.165, 1.54) is 6.92 Å². The van der Waals surface area contributed by atoms with Crippen LogP contribution in [-0.4, -0.2) is 21.4 Å². The molecule has 0 saturated carbocycles. The molecule has 2 rings (SSSR count). The van der Waals surface area contributed by atoms with E-state index in [0.717, 1.165) is 28.5 Å². The first kappa shape index (κ1) is 17.3. The minimum atomic E-state index is -0.878. The third-order valence-corrected chi connectivity index (χ3v) is 5.00. The standard InChI is InChI=1S/C19H20O3S/c1-13(18(12-19(21)22)23-14(2)20)15-8-10-17(11-9-15)16-6-4-3-5-7-16/h3-11,13,18H,12H2,1-2H3,(H,21,22). The quantitative estimate of drug-likeness (QED) is 0.843. The first-order chi connectivity index (χ1) is 11.0. The number of carboxylic acids is 1. The number of thioether (sulfide) groups is 1. The van der Waals surface area contributed by atoms with Gasteiger partial charge in [0.25, 0.3) is 0 Å². The molecule has 0 spiro atoms. The zero-order valence-corrected chi connectivity index (χ0v) is 14.0. The maximum Gasteiger partial charge on any atom is 0.304 e. The molecule has 2 aromatic rings. The minimum Gasteiger partial charge on any atom is -0.481 e. The Balaban J connectivity index is 2.19. The molecule has 0 bridgehead atoms. The third-order valence-electron chi connectivity index (χ3n) is 3.79. The number of hydrogen-bond donors (Lipinski definition) is 1. The predicted molar refractivity (Wildman–Crippen MR) is 94.6 cm³/mol. The molecule has 4 heteroatoms. The Morgan fingerprint density at radius 3 is 2.09 bits per heavy atom. The minimum absolute atomic E-state index is 0.00942. The summed E-state index contributed by atoms with van der Waals surface area (Å²) in [6.45, 7) is 3.45. The van der Waals surface area contributed by atoms with Gasteiger partial charge in [-0.2, -0.15) is 0 Å². The van der Waals surface area contributed by atoms with Crippen molar-refractivity contribution < 1.29 is 14.7 Å². The highest BCUT2D eigenvalue weighted by Crippen LogP contribution is 2.32. The Morgan fingerprint density at radius 1 is 1.00 bits per heavy atom. The van der Waals surface area contributed by atoms with E-state index >= 15 is 0 Å². The summed E-state index contributed by atoms with van der Waals surface area (Å²) < 4.78 is 0. The molecule has 23 heavy (non-hydrogen) atoms. The van der Waals surface area contributed by atoms with E-state index in [-0.39, 0.29) is 22.7 Å². The van der Waals surface area contributed by atoms with Crippen LogP contribution in [0.4, 0.5) is 0 Å². The van der Waals surface area contributed by atoms with Gasteiger partial charge in [-0.1, -0.05) is 73.3 Å². The second-order valence-electron chi connectivity index (χ2n) is 5.52. The van der Waals surface area contributed by atoms with Gasteiger partial charge in [0.05, 0.1) is 6.42 Å². The maximum absolute atomic E-state index is 11.4. The van der Waals surface area contributed by atoms with Gasteiger partial charge in [-0.25, -0.2) is 0 Å². The van der Waals surface area contributed by atoms with E-state index in [2.05, 4.69) is 12.1 Å². The topological polar surface area (TPSA) is 54.4 Å². The number of benzene rings is 2. The van der Waals surface area contributed by atoms with Gasteiger partial charge in [0.15, 0.2) is 5.12 Å². The van der Waals surface area contributed by atoms with Crippen LogP contribution in [0.25, 0.3) is 11.1 Å². The lowest BCUT2D eigenvalue weighted by Crippen LogP contribution is -2.18. The van der Waals surface area contributed by atoms with Crippen LogP contribution in [0, 0.1) is 0 Å². The molecule has 0 aromatic heterocycles. The van der Waals surface area contributed by atoms with Crippen LogP contribution in [-0.2, 0) is 9.59 Å². The molecule has 3 nitrogen and oxygen atoms in total. The Hall–Kier alpha value is -2.07. The number of carbonyl (C=O) groups excluding carboxylic acids is 1. The first-order valence-corrected chi connectivity index (χ1v) is 8.39. The summed E-state index contributed by atoms with van der Waals surface area (Å²) >= 11 is 1.11. The molecule has 2 atom stereocenters. The Bertz CT molecular complexity index is 649. The molecule has 0 radical (unpaired) electrons. The van der Waals surface area contributed by atoms with Gasteiger partial charge >= 0.3 is 5.97 Å². The summed E-state index contributed by atoms with van der Waals surface area (Å²) in [6, 6.07) is 18.2. The van der Waals surface area contributed by atoms with E-state index in [9.17, 15) is 9.59 Å². The highest BCUT2D eigenvalue weighted by atomic mass is 32.2. The molecule has 1 N–H and O–H groups in total. The SMILES string of the molecule is CC(=O)SC(CC(=O)O)C(C)c1ccc(-c2ccccc2)cc1. The summed E-state index contributed by atoms with van der Waals surface area (Å²) in [4.78, 5) is 22.4. The summed E-state index contributed by atoms with van der Waals surface area (Å²) in [6.07, 6.45) is -0.0220. The molecule has 120 valence electrons. The Morgan fingerprint density at radius 2 is 1.57 bits per heavy atom. The van der Waals surface area contributed by atoms with E-state index < -0.39 is 5.97 Å². The maximum atomic E-state index is 11.4. The largest absolute Gasteiger partial charge is 0.481 e. The van der Waals surface area contributed by atoms with Gasteiger partial charge in [0, 0.05) is 12.2 Å². The molecule has 0 aliphatic heterocycles. The molecule has 0 aliphatic carbocycles. The number of carbonyl (C=O) groups is 2. The normalized spacial score (nSPS) is 13.3. The van der Waals surface area contributed by atoms with E-state index in [1.807, 2.05) is 49.4 Å². The van der Waals surface area contributed by atoms with Crippen molar-refractivity contribution in [2.75, 3.05) is 0 Å². The summed E-state index contributed by atoms with van der Waals surface area (Å²) in [7, 11) is 0. The van der Waals surface area contributed by atoms with Crippen molar-refractivity contribution in [2.24, 2.45) is 0 Å². The van der Waals surface area contributed by atoms with Gasteiger partial charge in [-0.15, -0.1) is 0 Å². The van der Waals surface area contributed by atoms with E-state index in [4.69, 9.17) is 5.11 Å². The van der Waals surface area contributed by atoms with E-state index in [0.29, 0.717) is 0 Å². The number of rotatable bonds is 6. The predicted octanol–water partition coefficient (Wildman–Crippen LogP) is 4.58. The van der Waals surface area contributed by atoms with E-state index in [1.54, 1.807) is 0 Å². The number of aliphatic carboxylic acids is 1. The number of hydrogen-bond acceptors (Lipinski definition) is 3. The highest BCUT2D eigenvalue weighted by molar-refractivity contribution is 8.14. The van der Waals surface area contributed by atoms with Crippen LogP contribution < -0.4 is 0 Å².